The van der Waals surface area contributed by atoms with Crippen LogP contribution in [-0.4, -0.2) is 47.4 Å². The summed E-state index contributed by atoms with van der Waals surface area (Å²) in [5, 5.41) is 4.63. The van der Waals surface area contributed by atoms with Crippen LogP contribution in [0.25, 0.3) is 0 Å². The Morgan fingerprint density at radius 1 is 1.35 bits per heavy atom. The van der Waals surface area contributed by atoms with Gasteiger partial charge in [0.05, 0.1) is 6.54 Å². The van der Waals surface area contributed by atoms with E-state index in [9.17, 15) is 4.79 Å². The molecule has 2 rings (SSSR count). The van der Waals surface area contributed by atoms with Crippen molar-refractivity contribution in [1.82, 2.24) is 10.2 Å². The number of carbonyl (C=O) groups excluding carboxylic acids is 1. The minimum Gasteiger partial charge on any atom is -0.362 e. The van der Waals surface area contributed by atoms with Crippen LogP contribution in [-0.2, 0) is 4.79 Å². The maximum atomic E-state index is 11.9. The summed E-state index contributed by atoms with van der Waals surface area (Å²) < 4.78 is 0. The van der Waals surface area contributed by atoms with Crippen molar-refractivity contribution in [3.05, 3.63) is 0 Å². The van der Waals surface area contributed by atoms with Gasteiger partial charge in [0.15, 0.2) is 5.17 Å². The molecule has 0 bridgehead atoms. The van der Waals surface area contributed by atoms with Crippen LogP contribution in [0.1, 0.15) is 46.0 Å². The van der Waals surface area contributed by atoms with Gasteiger partial charge in [0.2, 0.25) is 5.91 Å². The number of nitrogens with one attached hydrogen (secondary N) is 1. The number of hydrogen-bond acceptors (Lipinski definition) is 3. The summed E-state index contributed by atoms with van der Waals surface area (Å²) in [7, 11) is 0. The first-order valence-electron chi connectivity index (χ1n) is 7.96. The Bertz CT molecular complexity index is 355. The van der Waals surface area contributed by atoms with Gasteiger partial charge in [0.25, 0.3) is 0 Å². The third kappa shape index (κ3) is 4.14. The largest absolute Gasteiger partial charge is 0.362 e. The lowest BCUT2D eigenvalue weighted by molar-refractivity contribution is -0.130. The zero-order chi connectivity index (χ0) is 14.4. The minimum atomic E-state index is 0.218. The van der Waals surface area contributed by atoms with E-state index in [1.165, 1.54) is 31.4 Å². The Hall–Kier alpha value is -0.710. The first-order chi connectivity index (χ1) is 9.74. The van der Waals surface area contributed by atoms with Crippen LogP contribution in [0.4, 0.5) is 0 Å². The van der Waals surface area contributed by atoms with E-state index in [2.05, 4.69) is 10.3 Å². The molecule has 1 saturated heterocycles. The molecule has 0 spiro atoms. The Kier molecular flexibility index (Phi) is 6.20. The molecule has 1 aliphatic carbocycles. The van der Waals surface area contributed by atoms with E-state index in [0.717, 1.165) is 24.2 Å². The van der Waals surface area contributed by atoms with Crippen molar-refractivity contribution >= 4 is 22.8 Å². The molecule has 114 valence electrons. The van der Waals surface area contributed by atoms with Gasteiger partial charge in [-0.15, -0.1) is 0 Å². The van der Waals surface area contributed by atoms with Gasteiger partial charge in [-0.2, -0.15) is 0 Å². The molecule has 20 heavy (non-hydrogen) atoms. The van der Waals surface area contributed by atoms with Gasteiger partial charge < -0.3 is 10.2 Å². The first-order valence-corrected chi connectivity index (χ1v) is 8.94. The highest BCUT2D eigenvalue weighted by Crippen LogP contribution is 2.31. The van der Waals surface area contributed by atoms with Crippen molar-refractivity contribution in [2.45, 2.75) is 52.0 Å². The number of rotatable bonds is 5. The van der Waals surface area contributed by atoms with Crippen molar-refractivity contribution in [2.24, 2.45) is 10.9 Å². The summed E-state index contributed by atoms with van der Waals surface area (Å²) >= 11 is 1.83. The average Bonchev–Trinajstić information content (AvgIpc) is 2.48. The van der Waals surface area contributed by atoms with Gasteiger partial charge in [0, 0.05) is 31.3 Å². The number of amides is 1. The third-order valence-electron chi connectivity index (χ3n) is 4.35. The van der Waals surface area contributed by atoms with Crippen LogP contribution in [0, 0.1) is 5.92 Å². The van der Waals surface area contributed by atoms with Gasteiger partial charge in [-0.3, -0.25) is 9.79 Å². The monoisotopic (exact) mass is 297 g/mol. The molecular formula is C15H27N3OS. The zero-order valence-corrected chi connectivity index (χ0v) is 13.5. The summed E-state index contributed by atoms with van der Waals surface area (Å²) in [5.74, 6) is 2.24. The van der Waals surface area contributed by atoms with Gasteiger partial charge in [0.1, 0.15) is 0 Å². The van der Waals surface area contributed by atoms with Crippen molar-refractivity contribution in [1.29, 1.82) is 0 Å². The summed E-state index contributed by atoms with van der Waals surface area (Å²) in [6.07, 6.45) is 5.89. The van der Waals surface area contributed by atoms with E-state index < -0.39 is 0 Å². The second kappa shape index (κ2) is 7.91. The molecule has 1 saturated carbocycles. The highest BCUT2D eigenvalue weighted by molar-refractivity contribution is 8.13. The number of thioether (sulfide) groups is 1. The van der Waals surface area contributed by atoms with E-state index in [1.54, 1.807) is 0 Å². The Balaban J connectivity index is 1.76. The predicted molar refractivity (Wildman–Crippen MR) is 86.2 cm³/mol. The fraction of sp³-hybridized carbons (Fsp3) is 0.867. The average molecular weight is 297 g/mol. The number of aliphatic imine (C=N–C) groups is 1. The highest BCUT2D eigenvalue weighted by atomic mass is 32.2. The molecule has 1 amide bonds. The molecule has 0 aromatic carbocycles. The maximum Gasteiger partial charge on any atom is 0.224 e. The molecule has 2 atom stereocenters. The van der Waals surface area contributed by atoms with E-state index in [4.69, 9.17) is 0 Å². The van der Waals surface area contributed by atoms with Gasteiger partial charge in [-0.1, -0.05) is 24.6 Å². The Morgan fingerprint density at radius 3 is 2.85 bits per heavy atom. The minimum absolute atomic E-state index is 0.218. The van der Waals surface area contributed by atoms with E-state index in [-0.39, 0.29) is 5.91 Å². The second-order valence-corrected chi connectivity index (χ2v) is 6.62. The normalized spacial score (nSPS) is 27.8. The van der Waals surface area contributed by atoms with E-state index in [0.29, 0.717) is 19.0 Å². The van der Waals surface area contributed by atoms with Crippen LogP contribution in [0.5, 0.6) is 0 Å². The molecular weight excluding hydrogens is 270 g/mol. The van der Waals surface area contributed by atoms with Crippen molar-refractivity contribution in [3.63, 3.8) is 0 Å². The third-order valence-corrected chi connectivity index (χ3v) is 5.46. The van der Waals surface area contributed by atoms with Gasteiger partial charge in [-0.05, 0) is 32.6 Å². The molecule has 0 aromatic heterocycles. The second-order valence-electron chi connectivity index (χ2n) is 5.61. The Morgan fingerprint density at radius 2 is 2.10 bits per heavy atom. The number of carbonyl (C=O) groups is 1. The van der Waals surface area contributed by atoms with Gasteiger partial charge in [-0.25, -0.2) is 0 Å². The fourth-order valence-corrected chi connectivity index (χ4v) is 4.25. The van der Waals surface area contributed by atoms with Crippen LogP contribution in [0.15, 0.2) is 4.99 Å². The predicted octanol–water partition coefficient (Wildman–Crippen LogP) is 2.50. The molecule has 2 aliphatic rings. The summed E-state index contributed by atoms with van der Waals surface area (Å²) in [5.41, 5.74) is 0. The van der Waals surface area contributed by atoms with E-state index >= 15 is 0 Å². The van der Waals surface area contributed by atoms with Crippen LogP contribution >= 0.6 is 11.8 Å². The lowest BCUT2D eigenvalue weighted by Crippen LogP contribution is -2.46. The number of fused-ring (bicyclic) bond motifs is 1. The maximum absolute atomic E-state index is 11.9. The molecule has 1 aliphatic heterocycles. The van der Waals surface area contributed by atoms with Crippen LogP contribution in [0.2, 0.25) is 0 Å². The summed E-state index contributed by atoms with van der Waals surface area (Å²) in [6.45, 7) is 6.25. The molecule has 5 heteroatoms. The van der Waals surface area contributed by atoms with Crippen molar-refractivity contribution < 1.29 is 4.79 Å². The smallest absolute Gasteiger partial charge is 0.224 e. The number of hydrogen-bond donors (Lipinski definition) is 1. The van der Waals surface area contributed by atoms with Crippen molar-refractivity contribution in [3.8, 4) is 0 Å². The molecule has 2 fully saturated rings. The molecule has 2 unspecified atom stereocenters. The lowest BCUT2D eigenvalue weighted by Gasteiger charge is -2.36. The SMILES string of the molecule is CCN(CC)C(=O)CCN=C1NC2CCCCC2CS1. The topological polar surface area (TPSA) is 44.7 Å². The van der Waals surface area contributed by atoms with E-state index in [1.807, 2.05) is 30.5 Å². The number of amidine groups is 1. The molecule has 0 radical (unpaired) electrons. The van der Waals surface area contributed by atoms with Crippen LogP contribution in [0.3, 0.4) is 0 Å². The standard InChI is InChI=1S/C15H27N3OS/c1-3-18(4-2)14(19)9-10-16-15-17-13-8-6-5-7-12(13)11-20-15/h12-13H,3-11H2,1-2H3,(H,16,17). The molecule has 1 N–H and O–H groups in total. The fourth-order valence-electron chi connectivity index (χ4n) is 3.06. The molecule has 1 heterocycles. The zero-order valence-electron chi connectivity index (χ0n) is 12.7. The first kappa shape index (κ1) is 15.7. The lowest BCUT2D eigenvalue weighted by atomic mass is 9.86. The summed E-state index contributed by atoms with van der Waals surface area (Å²) in [4.78, 5) is 18.4. The summed E-state index contributed by atoms with van der Waals surface area (Å²) in [6, 6.07) is 0.627. The number of nitrogens with zero attached hydrogens (tertiary/aromatic N) is 2. The van der Waals surface area contributed by atoms with Crippen LogP contribution < -0.4 is 5.32 Å². The molecule has 4 nitrogen and oxygen atoms in total. The van der Waals surface area contributed by atoms with Gasteiger partial charge >= 0.3 is 0 Å². The molecule has 0 aromatic rings. The van der Waals surface area contributed by atoms with Crippen molar-refractivity contribution in [2.75, 3.05) is 25.4 Å². The quantitative estimate of drug-likeness (QED) is 0.848. The highest BCUT2D eigenvalue weighted by Gasteiger charge is 2.30. The Labute approximate surface area is 126 Å².